The van der Waals surface area contributed by atoms with Gasteiger partial charge in [-0.2, -0.15) is 0 Å². The van der Waals surface area contributed by atoms with Crippen LogP contribution < -0.4 is 5.46 Å². The Kier molecular flexibility index (Phi) is 5.97. The van der Waals surface area contributed by atoms with E-state index in [9.17, 15) is 0 Å². The second-order valence-electron chi connectivity index (χ2n) is 11.6. The predicted molar refractivity (Wildman–Crippen MR) is 171 cm³/mol. The molecular weight excluding hydrogens is 507 g/mol. The monoisotopic (exact) mass is 538 g/mol. The van der Waals surface area contributed by atoms with Gasteiger partial charge in [0, 0.05) is 20.2 Å². The molecule has 0 unspecified atom stereocenters. The van der Waals surface area contributed by atoms with Gasteiger partial charge in [0.2, 0.25) is 0 Å². The van der Waals surface area contributed by atoms with Crippen LogP contribution in [0, 0.1) is 0 Å². The number of fused-ring (bicyclic) bond motifs is 3. The first-order valence-electron chi connectivity index (χ1n) is 13.9. The Balaban J connectivity index is 1.29. The fraction of sp³-hybridized carbons (Fsp3) is 0.167. The minimum absolute atomic E-state index is 0.350. The summed E-state index contributed by atoms with van der Waals surface area (Å²) in [5, 5.41) is 2.60. The topological polar surface area (TPSA) is 18.5 Å². The van der Waals surface area contributed by atoms with E-state index in [1.54, 1.807) is 0 Å². The largest absolute Gasteiger partial charge is 0.494 e. The molecule has 0 N–H and O–H groups in total. The Bertz CT molecular complexity index is 1840. The summed E-state index contributed by atoms with van der Waals surface area (Å²) in [5.41, 5.74) is 7.79. The third kappa shape index (κ3) is 4.19. The predicted octanol–water partition coefficient (Wildman–Crippen LogP) is 9.35. The van der Waals surface area contributed by atoms with Gasteiger partial charge in [0.25, 0.3) is 0 Å². The van der Waals surface area contributed by atoms with Gasteiger partial charge in [0.15, 0.2) is 0 Å². The van der Waals surface area contributed by atoms with E-state index >= 15 is 0 Å². The van der Waals surface area contributed by atoms with E-state index in [1.807, 2.05) is 11.3 Å². The fourth-order valence-corrected chi connectivity index (χ4v) is 6.94. The second kappa shape index (κ2) is 9.45. The molecule has 0 saturated carbocycles. The average Bonchev–Trinajstić information content (AvgIpc) is 3.46. The van der Waals surface area contributed by atoms with Crippen molar-refractivity contribution in [2.45, 2.75) is 38.9 Å². The van der Waals surface area contributed by atoms with Crippen LogP contribution >= 0.6 is 11.3 Å². The highest BCUT2D eigenvalue weighted by molar-refractivity contribution is 7.26. The Hall–Kier alpha value is -3.70. The zero-order valence-corrected chi connectivity index (χ0v) is 24.1. The molecule has 2 heterocycles. The van der Waals surface area contributed by atoms with Gasteiger partial charge >= 0.3 is 7.12 Å². The van der Waals surface area contributed by atoms with E-state index < -0.39 is 0 Å². The third-order valence-corrected chi connectivity index (χ3v) is 9.84. The van der Waals surface area contributed by atoms with Crippen LogP contribution in [0.1, 0.15) is 27.7 Å². The van der Waals surface area contributed by atoms with Crippen LogP contribution in [0.15, 0.2) is 115 Å². The average molecular weight is 539 g/mol. The standard InChI is InChI=1S/C36H31BO2S/c1-35(2)36(3,4)39-37(38-35)28-21-19-25(20-22-28)29-15-9-17-31-32-18-10-16-30(34(32)40-33(29)31)27-14-8-13-26(23-27)24-11-6-5-7-12-24/h5-23H,1-4H3. The number of benzene rings is 5. The summed E-state index contributed by atoms with van der Waals surface area (Å²) in [5.74, 6) is 0. The molecule has 7 rings (SSSR count). The maximum atomic E-state index is 6.28. The van der Waals surface area contributed by atoms with E-state index in [2.05, 4.69) is 143 Å². The van der Waals surface area contributed by atoms with Crippen LogP contribution in [0.2, 0.25) is 0 Å². The lowest BCUT2D eigenvalue weighted by Gasteiger charge is -2.32. The van der Waals surface area contributed by atoms with Gasteiger partial charge in [-0.3, -0.25) is 0 Å². The normalized spacial score (nSPS) is 16.1. The van der Waals surface area contributed by atoms with Crippen LogP contribution in [-0.4, -0.2) is 18.3 Å². The van der Waals surface area contributed by atoms with Crippen molar-refractivity contribution in [3.05, 3.63) is 115 Å². The Morgan fingerprint density at radius 3 is 1.65 bits per heavy atom. The molecule has 0 bridgehead atoms. The molecule has 1 aliphatic heterocycles. The summed E-state index contributed by atoms with van der Waals surface area (Å²) in [6, 6.07) is 41.5. The molecule has 0 atom stereocenters. The number of hydrogen-bond acceptors (Lipinski definition) is 3. The van der Waals surface area contributed by atoms with Gasteiger partial charge in [0.1, 0.15) is 0 Å². The van der Waals surface area contributed by atoms with Crippen molar-refractivity contribution in [3.8, 4) is 33.4 Å². The molecular formula is C36H31BO2S. The van der Waals surface area contributed by atoms with Crippen LogP contribution in [-0.2, 0) is 9.31 Å². The summed E-state index contributed by atoms with van der Waals surface area (Å²) in [4.78, 5) is 0. The molecule has 2 nitrogen and oxygen atoms in total. The zero-order chi connectivity index (χ0) is 27.5. The van der Waals surface area contributed by atoms with Gasteiger partial charge in [-0.15, -0.1) is 11.3 Å². The zero-order valence-electron chi connectivity index (χ0n) is 23.3. The van der Waals surface area contributed by atoms with Crippen molar-refractivity contribution < 1.29 is 9.31 Å². The molecule has 1 aromatic heterocycles. The molecule has 0 radical (unpaired) electrons. The van der Waals surface area contributed by atoms with Gasteiger partial charge in [0.05, 0.1) is 11.2 Å². The molecule has 1 aliphatic rings. The van der Waals surface area contributed by atoms with E-state index in [0.29, 0.717) is 0 Å². The highest BCUT2D eigenvalue weighted by Gasteiger charge is 2.51. The molecule has 5 aromatic carbocycles. The molecule has 6 aromatic rings. The Morgan fingerprint density at radius 1 is 0.500 bits per heavy atom. The van der Waals surface area contributed by atoms with Gasteiger partial charge in [-0.1, -0.05) is 109 Å². The molecule has 0 aliphatic carbocycles. The molecule has 4 heteroatoms. The van der Waals surface area contributed by atoms with Gasteiger partial charge < -0.3 is 9.31 Å². The first kappa shape index (κ1) is 25.3. The lowest BCUT2D eigenvalue weighted by atomic mass is 9.78. The Morgan fingerprint density at radius 2 is 1.02 bits per heavy atom. The van der Waals surface area contributed by atoms with E-state index in [4.69, 9.17) is 9.31 Å². The van der Waals surface area contributed by atoms with Gasteiger partial charge in [-0.25, -0.2) is 0 Å². The molecule has 1 saturated heterocycles. The lowest BCUT2D eigenvalue weighted by molar-refractivity contribution is 0.00578. The Labute approximate surface area is 240 Å². The van der Waals surface area contributed by atoms with Crippen LogP contribution in [0.4, 0.5) is 0 Å². The molecule has 0 spiro atoms. The maximum absolute atomic E-state index is 6.28. The van der Waals surface area contributed by atoms with Crippen molar-refractivity contribution in [2.24, 2.45) is 0 Å². The smallest absolute Gasteiger partial charge is 0.399 e. The quantitative estimate of drug-likeness (QED) is 0.208. The summed E-state index contributed by atoms with van der Waals surface area (Å²) in [7, 11) is -0.353. The first-order valence-corrected chi connectivity index (χ1v) is 14.7. The highest BCUT2D eigenvalue weighted by Crippen LogP contribution is 2.44. The number of thiophene rings is 1. The van der Waals surface area contributed by atoms with Crippen LogP contribution in [0.25, 0.3) is 53.6 Å². The maximum Gasteiger partial charge on any atom is 0.494 e. The number of rotatable bonds is 4. The molecule has 0 amide bonds. The lowest BCUT2D eigenvalue weighted by Crippen LogP contribution is -2.41. The summed E-state index contributed by atoms with van der Waals surface area (Å²) in [6.07, 6.45) is 0. The summed E-state index contributed by atoms with van der Waals surface area (Å²) < 4.78 is 15.2. The highest BCUT2D eigenvalue weighted by atomic mass is 32.1. The third-order valence-electron chi connectivity index (χ3n) is 8.55. The second-order valence-corrected chi connectivity index (χ2v) is 12.6. The number of hydrogen-bond donors (Lipinski definition) is 0. The molecule has 40 heavy (non-hydrogen) atoms. The van der Waals surface area contributed by atoms with Crippen LogP contribution in [0.3, 0.4) is 0 Å². The van der Waals surface area contributed by atoms with Crippen molar-refractivity contribution >= 4 is 44.1 Å². The summed E-state index contributed by atoms with van der Waals surface area (Å²) >= 11 is 1.89. The van der Waals surface area contributed by atoms with Gasteiger partial charge in [-0.05, 0) is 72.6 Å². The SMILES string of the molecule is CC1(C)OB(c2ccc(-c3cccc4c3sc3c(-c5cccc(-c6ccccc6)c5)cccc34)cc2)OC1(C)C. The van der Waals surface area contributed by atoms with Crippen molar-refractivity contribution in [1.29, 1.82) is 0 Å². The molecule has 196 valence electrons. The van der Waals surface area contributed by atoms with E-state index in [1.165, 1.54) is 53.6 Å². The first-order chi connectivity index (χ1) is 19.3. The van der Waals surface area contributed by atoms with Crippen molar-refractivity contribution in [1.82, 2.24) is 0 Å². The van der Waals surface area contributed by atoms with Crippen LogP contribution in [0.5, 0.6) is 0 Å². The summed E-state index contributed by atoms with van der Waals surface area (Å²) in [6.45, 7) is 8.37. The molecule has 1 fully saturated rings. The minimum Gasteiger partial charge on any atom is -0.399 e. The van der Waals surface area contributed by atoms with Crippen molar-refractivity contribution in [3.63, 3.8) is 0 Å². The van der Waals surface area contributed by atoms with E-state index in [-0.39, 0.29) is 18.3 Å². The minimum atomic E-state index is -0.353. The fourth-order valence-electron chi connectivity index (χ4n) is 5.57. The van der Waals surface area contributed by atoms with Crippen molar-refractivity contribution in [2.75, 3.05) is 0 Å². The van der Waals surface area contributed by atoms with E-state index in [0.717, 1.165) is 5.46 Å².